The molecule has 3 saturated carbocycles. The van der Waals surface area contributed by atoms with E-state index in [2.05, 4.69) is 18.9 Å². The quantitative estimate of drug-likeness (QED) is 0.146. The van der Waals surface area contributed by atoms with E-state index >= 15 is 0 Å². The summed E-state index contributed by atoms with van der Waals surface area (Å²) >= 11 is 0. The van der Waals surface area contributed by atoms with Gasteiger partial charge < -0.3 is 14.2 Å². The molecule has 6 nitrogen and oxygen atoms in total. The number of fused-ring (bicyclic) bond motifs is 5. The van der Waals surface area contributed by atoms with Gasteiger partial charge in [0.15, 0.2) is 5.60 Å². The van der Waals surface area contributed by atoms with E-state index in [0.717, 1.165) is 44.9 Å². The average Bonchev–Trinajstić information content (AvgIpc) is 3.04. The van der Waals surface area contributed by atoms with E-state index in [9.17, 15) is 14.4 Å². The Kier molecular flexibility index (Phi) is 6.68. The van der Waals surface area contributed by atoms with Gasteiger partial charge in [0, 0.05) is 19.3 Å². The average molecular weight is 469 g/mol. The van der Waals surface area contributed by atoms with Gasteiger partial charge in [-0.2, -0.15) is 0 Å². The fourth-order valence-corrected chi connectivity index (χ4v) is 7.66. The van der Waals surface area contributed by atoms with Gasteiger partial charge in [0.05, 0.1) is 6.08 Å². The van der Waals surface area contributed by atoms with Crippen molar-refractivity contribution in [1.29, 1.82) is 0 Å². The van der Waals surface area contributed by atoms with Crippen LogP contribution in [0.4, 0.5) is 0 Å². The molecule has 0 saturated heterocycles. The first-order valence-corrected chi connectivity index (χ1v) is 12.5. The lowest BCUT2D eigenvalue weighted by Gasteiger charge is -2.55. The number of rotatable bonds is 4. The van der Waals surface area contributed by atoms with Gasteiger partial charge in [-0.3, -0.25) is 9.59 Å². The lowest BCUT2D eigenvalue weighted by molar-refractivity contribution is -0.164. The highest BCUT2D eigenvalue weighted by molar-refractivity contribution is 5.83. The third-order valence-corrected chi connectivity index (χ3v) is 8.98. The van der Waals surface area contributed by atoms with Crippen LogP contribution in [0.1, 0.15) is 79.1 Å². The third kappa shape index (κ3) is 4.30. The molecule has 0 unspecified atom stereocenters. The second kappa shape index (κ2) is 9.24. The molecule has 184 valence electrons. The maximum Gasteiger partial charge on any atom is 0.335 e. The predicted molar refractivity (Wildman–Crippen MR) is 126 cm³/mol. The summed E-state index contributed by atoms with van der Waals surface area (Å²) in [5.74, 6) is 3.95. The van der Waals surface area contributed by atoms with Gasteiger partial charge >= 0.3 is 17.9 Å². The number of esters is 3. The first-order valence-electron chi connectivity index (χ1n) is 12.5. The number of carbonyl (C=O) groups excluding carboxylic acids is 3. The SMILES string of the molecule is C#C[C@]1(OC(=O)/C=C(\C)OC(C)=O)CC[C@H]2[C@@H]3CCC4=C[C@@H](OC(C)=O)CC[C@@H]4[C@H]3CC[C@@]21C. The molecular weight excluding hydrogens is 432 g/mol. The largest absolute Gasteiger partial charge is 0.458 e. The molecule has 0 radical (unpaired) electrons. The monoisotopic (exact) mass is 468 g/mol. The highest BCUT2D eigenvalue weighted by Crippen LogP contribution is 2.65. The molecule has 0 aliphatic heterocycles. The normalized spacial score (nSPS) is 38.9. The number of hydrogen-bond donors (Lipinski definition) is 0. The van der Waals surface area contributed by atoms with Crippen molar-refractivity contribution in [3.05, 3.63) is 23.5 Å². The Bertz CT molecular complexity index is 970. The molecule has 0 bridgehead atoms. The van der Waals surface area contributed by atoms with Gasteiger partial charge in [-0.15, -0.1) is 6.42 Å². The Morgan fingerprint density at radius 3 is 2.47 bits per heavy atom. The predicted octanol–water partition coefficient (Wildman–Crippen LogP) is 4.87. The van der Waals surface area contributed by atoms with Gasteiger partial charge in [-0.25, -0.2) is 4.79 Å². The zero-order chi connectivity index (χ0) is 24.7. The second-order valence-electron chi connectivity index (χ2n) is 10.8. The van der Waals surface area contributed by atoms with Crippen molar-refractivity contribution in [2.75, 3.05) is 0 Å². The van der Waals surface area contributed by atoms with E-state index in [1.807, 2.05) is 0 Å². The minimum atomic E-state index is -0.949. The highest BCUT2D eigenvalue weighted by Gasteiger charge is 2.64. The summed E-state index contributed by atoms with van der Waals surface area (Å²) in [4.78, 5) is 35.3. The first-order chi connectivity index (χ1) is 16.1. The maximum atomic E-state index is 12.7. The third-order valence-electron chi connectivity index (χ3n) is 8.98. The van der Waals surface area contributed by atoms with E-state index in [-0.39, 0.29) is 23.2 Å². The van der Waals surface area contributed by atoms with Crippen LogP contribution >= 0.6 is 0 Å². The van der Waals surface area contributed by atoms with Gasteiger partial charge in [-0.05, 0) is 88.0 Å². The number of allylic oxidation sites excluding steroid dienone is 2. The molecule has 0 aromatic heterocycles. The Morgan fingerprint density at radius 2 is 1.79 bits per heavy atom. The summed E-state index contributed by atoms with van der Waals surface area (Å²) in [6, 6.07) is 0. The van der Waals surface area contributed by atoms with Crippen LogP contribution in [0.3, 0.4) is 0 Å². The molecule has 0 aromatic carbocycles. The van der Waals surface area contributed by atoms with Crippen molar-refractivity contribution < 1.29 is 28.6 Å². The number of hydrogen-bond acceptors (Lipinski definition) is 6. The van der Waals surface area contributed by atoms with Gasteiger partial charge in [0.1, 0.15) is 11.9 Å². The Balaban J connectivity index is 1.51. The second-order valence-corrected chi connectivity index (χ2v) is 10.8. The van der Waals surface area contributed by atoms with Crippen LogP contribution in [-0.2, 0) is 28.6 Å². The summed E-state index contributed by atoms with van der Waals surface area (Å²) in [7, 11) is 0. The Labute approximate surface area is 202 Å². The van der Waals surface area contributed by atoms with E-state index in [4.69, 9.17) is 20.6 Å². The van der Waals surface area contributed by atoms with Crippen molar-refractivity contribution in [3.8, 4) is 12.3 Å². The minimum absolute atomic E-state index is 0.0855. The molecule has 4 aliphatic carbocycles. The van der Waals surface area contributed by atoms with Crippen LogP contribution in [0.15, 0.2) is 23.5 Å². The molecule has 6 heteroatoms. The van der Waals surface area contributed by atoms with Crippen LogP contribution in [0.2, 0.25) is 0 Å². The fourth-order valence-electron chi connectivity index (χ4n) is 7.66. The maximum absolute atomic E-state index is 12.7. The van der Waals surface area contributed by atoms with Crippen molar-refractivity contribution in [2.45, 2.75) is 90.8 Å². The zero-order valence-electron chi connectivity index (χ0n) is 20.7. The smallest absolute Gasteiger partial charge is 0.335 e. The van der Waals surface area contributed by atoms with Crippen LogP contribution in [-0.4, -0.2) is 29.6 Å². The summed E-state index contributed by atoms with van der Waals surface area (Å²) in [6.07, 6.45) is 17.1. The first kappa shape index (κ1) is 24.6. The molecular formula is C28H36O6. The van der Waals surface area contributed by atoms with E-state index in [1.165, 1.54) is 25.5 Å². The summed E-state index contributed by atoms with van der Waals surface area (Å²) < 4.78 is 16.4. The molecule has 3 fully saturated rings. The van der Waals surface area contributed by atoms with Crippen molar-refractivity contribution in [1.82, 2.24) is 0 Å². The van der Waals surface area contributed by atoms with Crippen molar-refractivity contribution in [3.63, 3.8) is 0 Å². The molecule has 34 heavy (non-hydrogen) atoms. The Hall–Kier alpha value is -2.55. The van der Waals surface area contributed by atoms with Crippen LogP contribution in [0, 0.1) is 41.4 Å². The molecule has 0 aromatic rings. The standard InChI is InChI=1S/C28H36O6/c1-6-28(34-26(31)15-17(2)32-18(3)29)14-12-25-24-9-7-20-16-21(33-19(4)30)8-10-22(20)23(24)11-13-27(25,28)5/h1,15-16,21-25H,7-14H2,2-5H3/b17-15+/t21-,22-,23+,24+,25-,27-,28-/m0/s1. The highest BCUT2D eigenvalue weighted by atomic mass is 16.6. The lowest BCUT2D eigenvalue weighted by atomic mass is 9.50. The summed E-state index contributed by atoms with van der Waals surface area (Å²) in [5.41, 5.74) is 0.231. The van der Waals surface area contributed by atoms with Crippen molar-refractivity contribution in [2.24, 2.45) is 29.1 Å². The fraction of sp³-hybridized carbons (Fsp3) is 0.679. The summed E-state index contributed by atoms with van der Waals surface area (Å²) in [5, 5.41) is 0. The number of carbonyl (C=O) groups is 3. The zero-order valence-corrected chi connectivity index (χ0v) is 20.7. The molecule has 0 amide bonds. The van der Waals surface area contributed by atoms with Crippen LogP contribution in [0.5, 0.6) is 0 Å². The topological polar surface area (TPSA) is 78.9 Å². The van der Waals surface area contributed by atoms with Crippen LogP contribution in [0.25, 0.3) is 0 Å². The minimum Gasteiger partial charge on any atom is -0.458 e. The van der Waals surface area contributed by atoms with Gasteiger partial charge in [0.25, 0.3) is 0 Å². The molecule has 0 spiro atoms. The van der Waals surface area contributed by atoms with Gasteiger partial charge in [-0.1, -0.05) is 18.4 Å². The van der Waals surface area contributed by atoms with Crippen molar-refractivity contribution >= 4 is 17.9 Å². The molecule has 4 rings (SSSR count). The van der Waals surface area contributed by atoms with E-state index < -0.39 is 17.5 Å². The van der Waals surface area contributed by atoms with E-state index in [0.29, 0.717) is 30.1 Å². The van der Waals surface area contributed by atoms with Crippen LogP contribution < -0.4 is 0 Å². The molecule has 0 N–H and O–H groups in total. The summed E-state index contributed by atoms with van der Waals surface area (Å²) in [6.45, 7) is 6.53. The molecule has 4 aliphatic rings. The van der Waals surface area contributed by atoms with Gasteiger partial charge in [0.2, 0.25) is 0 Å². The lowest BCUT2D eigenvalue weighted by Crippen LogP contribution is -2.53. The van der Waals surface area contributed by atoms with E-state index in [1.54, 1.807) is 6.92 Å². The Morgan fingerprint density at radius 1 is 1.03 bits per heavy atom. The number of terminal acetylenes is 1. The molecule has 0 heterocycles. The molecule has 7 atom stereocenters. The number of ether oxygens (including phenoxy) is 3.